The molecule has 0 aliphatic carbocycles. The molecule has 1 N–H and O–H groups in total. The molecular formula is C17H17N3O2. The van der Waals surface area contributed by atoms with Crippen LogP contribution >= 0.6 is 0 Å². The Morgan fingerprint density at radius 3 is 2.86 bits per heavy atom. The molecule has 1 fully saturated rings. The van der Waals surface area contributed by atoms with Gasteiger partial charge in [0.05, 0.1) is 24.8 Å². The number of hydrogen-bond donors (Lipinski definition) is 1. The lowest BCUT2D eigenvalue weighted by Gasteiger charge is -2.21. The van der Waals surface area contributed by atoms with E-state index in [4.69, 9.17) is 9.47 Å². The molecule has 1 aliphatic rings. The molecule has 0 spiro atoms. The fraction of sp³-hybridized carbons (Fsp3) is 0.294. The maximum atomic E-state index is 9.28. The second-order valence-corrected chi connectivity index (χ2v) is 5.22. The summed E-state index contributed by atoms with van der Waals surface area (Å²) < 4.78 is 11.5. The highest BCUT2D eigenvalue weighted by molar-refractivity contribution is 5.56. The highest BCUT2D eigenvalue weighted by Gasteiger charge is 2.31. The first-order chi connectivity index (χ1) is 10.8. The lowest BCUT2D eigenvalue weighted by molar-refractivity contribution is 0.141. The van der Waals surface area contributed by atoms with E-state index in [1.54, 1.807) is 6.20 Å². The van der Waals surface area contributed by atoms with Crippen molar-refractivity contribution in [1.82, 2.24) is 4.98 Å². The molecule has 2 atom stereocenters. The quantitative estimate of drug-likeness (QED) is 0.938. The van der Waals surface area contributed by atoms with Crippen molar-refractivity contribution in [2.75, 3.05) is 18.5 Å². The molecular weight excluding hydrogens is 278 g/mol. The van der Waals surface area contributed by atoms with Gasteiger partial charge in [0.15, 0.2) is 0 Å². The van der Waals surface area contributed by atoms with Gasteiger partial charge < -0.3 is 14.8 Å². The monoisotopic (exact) mass is 295 g/mol. The van der Waals surface area contributed by atoms with Crippen LogP contribution in [0.5, 0.6) is 5.75 Å². The molecule has 112 valence electrons. The number of para-hydroxylation sites is 1. The first-order valence-corrected chi connectivity index (χ1v) is 7.19. The van der Waals surface area contributed by atoms with Crippen LogP contribution < -0.4 is 10.1 Å². The Morgan fingerprint density at radius 2 is 2.09 bits per heavy atom. The second-order valence-electron chi connectivity index (χ2n) is 5.22. The zero-order valence-electron chi connectivity index (χ0n) is 12.3. The number of nitrogens with one attached hydrogen (secondary N) is 1. The van der Waals surface area contributed by atoms with Gasteiger partial charge in [-0.3, -0.25) is 0 Å². The minimum Gasteiger partial charge on any atom is -0.486 e. The van der Waals surface area contributed by atoms with Crippen molar-refractivity contribution in [3.8, 4) is 11.8 Å². The molecule has 0 radical (unpaired) electrons. The molecule has 0 bridgehead atoms. The summed E-state index contributed by atoms with van der Waals surface area (Å²) in [7, 11) is 0. The highest BCUT2D eigenvalue weighted by atomic mass is 16.5. The second kappa shape index (κ2) is 6.46. The Hall–Kier alpha value is -2.58. The maximum absolute atomic E-state index is 9.28. The summed E-state index contributed by atoms with van der Waals surface area (Å²) in [4.78, 5) is 4.27. The molecule has 3 rings (SSSR count). The molecule has 1 aliphatic heterocycles. The van der Waals surface area contributed by atoms with Crippen molar-refractivity contribution in [3.05, 3.63) is 53.7 Å². The van der Waals surface area contributed by atoms with Crippen molar-refractivity contribution < 1.29 is 9.47 Å². The summed E-state index contributed by atoms with van der Waals surface area (Å²) in [5.41, 5.74) is 1.47. The summed E-state index contributed by atoms with van der Waals surface area (Å²) in [6, 6.07) is 13.6. The zero-order valence-corrected chi connectivity index (χ0v) is 12.3. The van der Waals surface area contributed by atoms with Crippen LogP contribution in [0.1, 0.15) is 11.1 Å². The molecule has 0 amide bonds. The van der Waals surface area contributed by atoms with Crippen LogP contribution in [0.2, 0.25) is 0 Å². The number of aryl methyl sites for hydroxylation is 1. The van der Waals surface area contributed by atoms with Crippen molar-refractivity contribution in [3.63, 3.8) is 0 Å². The SMILES string of the molecule is Cc1ccnc(N[C@@H]2COC[C@@H]2Oc2ccccc2)c1C#N. The first kappa shape index (κ1) is 14.4. The average molecular weight is 295 g/mol. The lowest BCUT2D eigenvalue weighted by atomic mass is 10.1. The predicted octanol–water partition coefficient (Wildman–Crippen LogP) is 2.52. The van der Waals surface area contributed by atoms with E-state index >= 15 is 0 Å². The van der Waals surface area contributed by atoms with Gasteiger partial charge in [0.1, 0.15) is 23.7 Å². The maximum Gasteiger partial charge on any atom is 0.144 e. The normalized spacial score (nSPS) is 20.4. The van der Waals surface area contributed by atoms with Crippen LogP contribution in [-0.4, -0.2) is 30.3 Å². The molecule has 1 saturated heterocycles. The number of rotatable bonds is 4. The summed E-state index contributed by atoms with van der Waals surface area (Å²) in [5.74, 6) is 1.39. The number of pyridine rings is 1. The Kier molecular flexibility index (Phi) is 4.22. The molecule has 5 heteroatoms. The van der Waals surface area contributed by atoms with Crippen molar-refractivity contribution in [2.24, 2.45) is 0 Å². The van der Waals surface area contributed by atoms with Gasteiger partial charge >= 0.3 is 0 Å². The van der Waals surface area contributed by atoms with Crippen LogP contribution in [0, 0.1) is 18.3 Å². The van der Waals surface area contributed by atoms with Gasteiger partial charge in [-0.15, -0.1) is 0 Å². The summed E-state index contributed by atoms with van der Waals surface area (Å²) in [6.45, 7) is 2.94. The third-order valence-corrected chi connectivity index (χ3v) is 3.65. The average Bonchev–Trinajstić information content (AvgIpc) is 2.96. The fourth-order valence-electron chi connectivity index (χ4n) is 2.44. The molecule has 2 heterocycles. The summed E-state index contributed by atoms with van der Waals surface area (Å²) in [5, 5.41) is 12.6. The van der Waals surface area contributed by atoms with Crippen LogP contribution in [0.4, 0.5) is 5.82 Å². The molecule has 1 aromatic heterocycles. The number of benzene rings is 1. The van der Waals surface area contributed by atoms with Gasteiger partial charge in [0, 0.05) is 6.20 Å². The lowest BCUT2D eigenvalue weighted by Crippen LogP contribution is -2.37. The van der Waals surface area contributed by atoms with E-state index in [-0.39, 0.29) is 12.1 Å². The van der Waals surface area contributed by atoms with E-state index in [1.165, 1.54) is 0 Å². The van der Waals surface area contributed by atoms with Gasteiger partial charge in [-0.1, -0.05) is 18.2 Å². The Balaban J connectivity index is 1.75. The Labute approximate surface area is 129 Å². The van der Waals surface area contributed by atoms with E-state index < -0.39 is 0 Å². The van der Waals surface area contributed by atoms with Crippen molar-refractivity contribution in [2.45, 2.75) is 19.1 Å². The van der Waals surface area contributed by atoms with E-state index in [9.17, 15) is 5.26 Å². The van der Waals surface area contributed by atoms with Gasteiger partial charge in [-0.05, 0) is 30.7 Å². The smallest absolute Gasteiger partial charge is 0.144 e. The number of ether oxygens (including phenoxy) is 2. The number of anilines is 1. The van der Waals surface area contributed by atoms with E-state index in [0.717, 1.165) is 11.3 Å². The van der Waals surface area contributed by atoms with Gasteiger partial charge in [0.25, 0.3) is 0 Å². The molecule has 1 aromatic carbocycles. The van der Waals surface area contributed by atoms with Crippen LogP contribution in [0.3, 0.4) is 0 Å². The highest BCUT2D eigenvalue weighted by Crippen LogP contribution is 2.22. The summed E-state index contributed by atoms with van der Waals surface area (Å²) in [6.07, 6.45) is 1.58. The predicted molar refractivity (Wildman–Crippen MR) is 82.8 cm³/mol. The summed E-state index contributed by atoms with van der Waals surface area (Å²) >= 11 is 0. The zero-order chi connectivity index (χ0) is 15.4. The fourth-order valence-corrected chi connectivity index (χ4v) is 2.44. The number of nitrogens with zero attached hydrogens (tertiary/aromatic N) is 2. The molecule has 0 saturated carbocycles. The molecule has 0 unspecified atom stereocenters. The minimum absolute atomic E-state index is 0.0402. The van der Waals surface area contributed by atoms with Gasteiger partial charge in [-0.25, -0.2) is 4.98 Å². The first-order valence-electron chi connectivity index (χ1n) is 7.19. The van der Waals surface area contributed by atoms with Crippen molar-refractivity contribution in [1.29, 1.82) is 5.26 Å². The largest absolute Gasteiger partial charge is 0.486 e. The molecule has 5 nitrogen and oxygen atoms in total. The Morgan fingerprint density at radius 1 is 1.27 bits per heavy atom. The van der Waals surface area contributed by atoms with E-state index in [2.05, 4.69) is 16.4 Å². The molecule has 2 aromatic rings. The number of aromatic nitrogens is 1. The topological polar surface area (TPSA) is 67.2 Å². The third kappa shape index (κ3) is 3.02. The molecule has 22 heavy (non-hydrogen) atoms. The standard InChI is InChI=1S/C17H17N3O2/c1-12-7-8-19-17(14(12)9-18)20-15-10-21-11-16(15)22-13-5-3-2-4-6-13/h2-8,15-16H,10-11H2,1H3,(H,19,20)/t15-,16+/m1/s1. The van der Waals surface area contributed by atoms with Crippen molar-refractivity contribution >= 4 is 5.82 Å². The number of hydrogen-bond acceptors (Lipinski definition) is 5. The Bertz CT molecular complexity index is 682. The van der Waals surface area contributed by atoms with Crippen LogP contribution in [-0.2, 0) is 4.74 Å². The van der Waals surface area contributed by atoms with E-state index in [0.29, 0.717) is 24.6 Å². The number of nitriles is 1. The van der Waals surface area contributed by atoms with Gasteiger partial charge in [0.2, 0.25) is 0 Å². The van der Waals surface area contributed by atoms with Crippen LogP contribution in [0.15, 0.2) is 42.6 Å². The van der Waals surface area contributed by atoms with E-state index in [1.807, 2.05) is 43.3 Å². The minimum atomic E-state index is -0.115. The van der Waals surface area contributed by atoms with Gasteiger partial charge in [-0.2, -0.15) is 5.26 Å². The van der Waals surface area contributed by atoms with Crippen LogP contribution in [0.25, 0.3) is 0 Å². The third-order valence-electron chi connectivity index (χ3n) is 3.65.